The van der Waals surface area contributed by atoms with Crippen molar-refractivity contribution < 1.29 is 9.90 Å². The van der Waals surface area contributed by atoms with E-state index < -0.39 is 0 Å². The zero-order valence-corrected chi connectivity index (χ0v) is 11.6. The second kappa shape index (κ2) is 6.02. The van der Waals surface area contributed by atoms with E-state index in [1.165, 1.54) is 6.42 Å². The zero-order valence-electron chi connectivity index (χ0n) is 11.6. The van der Waals surface area contributed by atoms with Gasteiger partial charge in [0.15, 0.2) is 0 Å². The molecule has 0 aromatic rings. The normalized spacial score (nSPS) is 33.9. The third kappa shape index (κ3) is 3.23. The van der Waals surface area contributed by atoms with E-state index in [9.17, 15) is 9.90 Å². The molecule has 2 unspecified atom stereocenters. The molecule has 2 aliphatic heterocycles. The molecule has 0 aliphatic carbocycles. The van der Waals surface area contributed by atoms with Crippen molar-refractivity contribution in [3.05, 3.63) is 0 Å². The Balaban J connectivity index is 1.87. The summed E-state index contributed by atoms with van der Waals surface area (Å²) in [5.41, 5.74) is 0. The van der Waals surface area contributed by atoms with Crippen molar-refractivity contribution in [2.24, 2.45) is 11.8 Å². The van der Waals surface area contributed by atoms with Gasteiger partial charge >= 0.3 is 0 Å². The van der Waals surface area contributed by atoms with E-state index in [1.807, 2.05) is 4.90 Å². The molecule has 0 aromatic heterocycles. The average molecular weight is 254 g/mol. The molecule has 0 bridgehead atoms. The maximum Gasteiger partial charge on any atom is 0.236 e. The van der Waals surface area contributed by atoms with Crippen LogP contribution in [0.2, 0.25) is 0 Å². The summed E-state index contributed by atoms with van der Waals surface area (Å²) in [6, 6.07) is 0.202. The van der Waals surface area contributed by atoms with Gasteiger partial charge in [0.1, 0.15) is 0 Å². The lowest BCUT2D eigenvalue weighted by molar-refractivity contribution is -0.135. The summed E-state index contributed by atoms with van der Waals surface area (Å²) in [6.45, 7) is 7.88. The topological polar surface area (TPSA) is 43.8 Å². The molecule has 2 rings (SSSR count). The van der Waals surface area contributed by atoms with Crippen LogP contribution in [0.3, 0.4) is 0 Å². The number of aliphatic hydroxyl groups excluding tert-OH is 1. The van der Waals surface area contributed by atoms with Gasteiger partial charge in [-0.3, -0.25) is 9.69 Å². The molecule has 1 N–H and O–H groups in total. The van der Waals surface area contributed by atoms with Crippen molar-refractivity contribution in [3.8, 4) is 0 Å². The van der Waals surface area contributed by atoms with Gasteiger partial charge in [-0.15, -0.1) is 0 Å². The fourth-order valence-electron chi connectivity index (χ4n) is 3.45. The van der Waals surface area contributed by atoms with Crippen LogP contribution >= 0.6 is 0 Å². The van der Waals surface area contributed by atoms with Crippen molar-refractivity contribution in [1.29, 1.82) is 0 Å². The standard InChI is InChI=1S/C14H26N2O2/c1-11-6-12(2)8-16(7-11)14(18)9-15-5-3-4-13(15)10-17/h11-13,17H,3-10H2,1-2H3/t11?,12?,13-/m0/s1. The molecule has 1 amide bonds. The van der Waals surface area contributed by atoms with Crippen LogP contribution in [0.5, 0.6) is 0 Å². The van der Waals surface area contributed by atoms with Gasteiger partial charge in [-0.05, 0) is 37.6 Å². The Kier molecular flexibility index (Phi) is 4.62. The van der Waals surface area contributed by atoms with Crippen LogP contribution in [0.15, 0.2) is 0 Å². The summed E-state index contributed by atoms with van der Waals surface area (Å²) in [5, 5.41) is 9.28. The number of carbonyl (C=O) groups is 1. The van der Waals surface area contributed by atoms with Crippen LogP contribution in [0.25, 0.3) is 0 Å². The van der Waals surface area contributed by atoms with Crippen LogP contribution < -0.4 is 0 Å². The Bertz CT molecular complexity index is 286. The Morgan fingerprint density at radius 3 is 2.56 bits per heavy atom. The molecule has 0 spiro atoms. The van der Waals surface area contributed by atoms with Crippen molar-refractivity contribution in [1.82, 2.24) is 9.80 Å². The first-order chi connectivity index (χ1) is 8.60. The minimum Gasteiger partial charge on any atom is -0.395 e. The molecular formula is C14H26N2O2. The minimum absolute atomic E-state index is 0.181. The number of amides is 1. The predicted molar refractivity (Wildman–Crippen MR) is 71.2 cm³/mol. The number of aliphatic hydroxyl groups is 1. The summed E-state index contributed by atoms with van der Waals surface area (Å²) >= 11 is 0. The largest absolute Gasteiger partial charge is 0.395 e. The number of nitrogens with zero attached hydrogens (tertiary/aromatic N) is 2. The highest BCUT2D eigenvalue weighted by Gasteiger charge is 2.30. The highest BCUT2D eigenvalue weighted by atomic mass is 16.3. The second-order valence-electron chi connectivity index (χ2n) is 6.19. The van der Waals surface area contributed by atoms with E-state index in [0.717, 1.165) is 32.5 Å². The number of hydrogen-bond acceptors (Lipinski definition) is 3. The quantitative estimate of drug-likeness (QED) is 0.815. The van der Waals surface area contributed by atoms with Gasteiger partial charge in [0.2, 0.25) is 5.91 Å². The fourth-order valence-corrected chi connectivity index (χ4v) is 3.45. The van der Waals surface area contributed by atoms with Crippen LogP contribution in [0, 0.1) is 11.8 Å². The molecule has 0 aromatic carbocycles. The van der Waals surface area contributed by atoms with Crippen LogP contribution in [-0.2, 0) is 4.79 Å². The molecule has 0 radical (unpaired) electrons. The van der Waals surface area contributed by atoms with Crippen LogP contribution in [-0.4, -0.2) is 59.6 Å². The number of hydrogen-bond donors (Lipinski definition) is 1. The first-order valence-electron chi connectivity index (χ1n) is 7.22. The van der Waals surface area contributed by atoms with E-state index in [-0.39, 0.29) is 18.6 Å². The number of likely N-dealkylation sites (tertiary alicyclic amines) is 2. The molecule has 2 saturated heterocycles. The molecule has 4 heteroatoms. The highest BCUT2D eigenvalue weighted by molar-refractivity contribution is 5.78. The van der Waals surface area contributed by atoms with Crippen molar-refractivity contribution in [3.63, 3.8) is 0 Å². The van der Waals surface area contributed by atoms with E-state index in [1.54, 1.807) is 0 Å². The Labute approximate surface area is 110 Å². The molecule has 3 atom stereocenters. The van der Waals surface area contributed by atoms with Gasteiger partial charge in [-0.2, -0.15) is 0 Å². The third-order valence-electron chi connectivity index (χ3n) is 4.27. The van der Waals surface area contributed by atoms with Crippen molar-refractivity contribution in [2.45, 2.75) is 39.2 Å². The monoisotopic (exact) mass is 254 g/mol. The number of piperidine rings is 1. The van der Waals surface area contributed by atoms with Gasteiger partial charge in [0.05, 0.1) is 13.2 Å². The van der Waals surface area contributed by atoms with E-state index in [2.05, 4.69) is 18.7 Å². The van der Waals surface area contributed by atoms with Crippen molar-refractivity contribution in [2.75, 3.05) is 32.8 Å². The summed E-state index contributed by atoms with van der Waals surface area (Å²) in [5.74, 6) is 1.48. The average Bonchev–Trinajstić information content (AvgIpc) is 2.75. The van der Waals surface area contributed by atoms with Gasteiger partial charge in [0, 0.05) is 19.1 Å². The van der Waals surface area contributed by atoms with E-state index in [4.69, 9.17) is 0 Å². The molecule has 2 aliphatic rings. The highest BCUT2D eigenvalue weighted by Crippen LogP contribution is 2.22. The maximum atomic E-state index is 12.3. The number of carbonyl (C=O) groups excluding carboxylic acids is 1. The molecule has 2 fully saturated rings. The first-order valence-corrected chi connectivity index (χ1v) is 7.22. The second-order valence-corrected chi connectivity index (χ2v) is 6.19. The minimum atomic E-state index is 0.181. The Hall–Kier alpha value is -0.610. The van der Waals surface area contributed by atoms with Crippen LogP contribution in [0.1, 0.15) is 33.1 Å². The van der Waals surface area contributed by atoms with Gasteiger partial charge in [-0.25, -0.2) is 0 Å². The maximum absolute atomic E-state index is 12.3. The molecule has 2 heterocycles. The van der Waals surface area contributed by atoms with Gasteiger partial charge in [0.25, 0.3) is 0 Å². The summed E-state index contributed by atoms with van der Waals surface area (Å²) < 4.78 is 0. The van der Waals surface area contributed by atoms with E-state index in [0.29, 0.717) is 18.4 Å². The SMILES string of the molecule is CC1CC(C)CN(C(=O)CN2CCC[C@H]2CO)C1. The Morgan fingerprint density at radius 1 is 1.28 bits per heavy atom. The van der Waals surface area contributed by atoms with Crippen LogP contribution in [0.4, 0.5) is 0 Å². The third-order valence-corrected chi connectivity index (χ3v) is 4.27. The molecule has 104 valence electrons. The number of rotatable bonds is 3. The lowest BCUT2D eigenvalue weighted by Crippen LogP contribution is -2.48. The lowest BCUT2D eigenvalue weighted by atomic mass is 9.92. The summed E-state index contributed by atoms with van der Waals surface area (Å²) in [7, 11) is 0. The van der Waals surface area contributed by atoms with Gasteiger partial charge in [-0.1, -0.05) is 13.8 Å². The fraction of sp³-hybridized carbons (Fsp3) is 0.929. The lowest BCUT2D eigenvalue weighted by Gasteiger charge is -2.36. The summed E-state index contributed by atoms with van der Waals surface area (Å²) in [6.07, 6.45) is 3.36. The molecule has 18 heavy (non-hydrogen) atoms. The first kappa shape index (κ1) is 13.8. The Morgan fingerprint density at radius 2 is 1.94 bits per heavy atom. The molecular weight excluding hydrogens is 228 g/mol. The molecule has 4 nitrogen and oxygen atoms in total. The predicted octanol–water partition coefficient (Wildman–Crippen LogP) is 0.948. The van der Waals surface area contributed by atoms with Gasteiger partial charge < -0.3 is 10.0 Å². The van der Waals surface area contributed by atoms with E-state index >= 15 is 0 Å². The molecule has 0 saturated carbocycles. The summed E-state index contributed by atoms with van der Waals surface area (Å²) in [4.78, 5) is 16.5. The smallest absolute Gasteiger partial charge is 0.236 e. The van der Waals surface area contributed by atoms with Crippen molar-refractivity contribution >= 4 is 5.91 Å². The zero-order chi connectivity index (χ0) is 13.1.